The van der Waals surface area contributed by atoms with Gasteiger partial charge in [0.15, 0.2) is 17.3 Å². The Bertz CT molecular complexity index is 2500. The fourth-order valence-corrected chi connectivity index (χ4v) is 10.6. The number of Topliss-reactive ketones (excluding diaryl/α,β-unsaturated/α-hetero) is 1. The summed E-state index contributed by atoms with van der Waals surface area (Å²) < 4.78 is 35.7. The second-order valence-corrected chi connectivity index (χ2v) is 18.8. The molecule has 1 amide bonds. The molecule has 0 bridgehead atoms. The fraction of sp³-hybridized carbons (Fsp3) is 0.532. The molecule has 3 aliphatic heterocycles. The average molecular weight is 977 g/mol. The van der Waals surface area contributed by atoms with E-state index in [0.717, 1.165) is 33.4 Å². The van der Waals surface area contributed by atoms with Gasteiger partial charge in [0.05, 0.1) is 18.7 Å². The lowest BCUT2D eigenvalue weighted by atomic mass is 9.83. The molecule has 22 heteroatoms. The number of hydrogen-bond acceptors (Lipinski definition) is 13. The Morgan fingerprint density at radius 2 is 1.43 bits per heavy atom. The van der Waals surface area contributed by atoms with Gasteiger partial charge in [-0.1, -0.05) is 49.9 Å². The molecule has 69 heavy (non-hydrogen) atoms. The van der Waals surface area contributed by atoms with Crippen molar-refractivity contribution >= 4 is 59.6 Å². The van der Waals surface area contributed by atoms with E-state index in [1.807, 2.05) is 39.8 Å². The van der Waals surface area contributed by atoms with Gasteiger partial charge in [-0.2, -0.15) is 0 Å². The van der Waals surface area contributed by atoms with Gasteiger partial charge < -0.3 is 38.2 Å². The summed E-state index contributed by atoms with van der Waals surface area (Å²) in [4.78, 5) is 66.1. The highest BCUT2D eigenvalue weighted by atomic mass is 32.2. The second kappa shape index (κ2) is 23.3. The molecule has 1 atom stereocenters. The quantitative estimate of drug-likeness (QED) is 0.0468. The highest BCUT2D eigenvalue weighted by Crippen LogP contribution is 2.47. The van der Waals surface area contributed by atoms with Crippen molar-refractivity contribution < 1.29 is 52.4 Å². The third-order valence-corrected chi connectivity index (χ3v) is 14.3. The summed E-state index contributed by atoms with van der Waals surface area (Å²) in [5, 5.41) is 48.5. The van der Waals surface area contributed by atoms with Gasteiger partial charge in [-0.15, -0.1) is 20.4 Å². The number of carboxylic acid groups (broad SMARTS) is 3. The number of nitrogens with one attached hydrogen (secondary N) is 1. The number of aryl methyl sites for hydroxylation is 1. The number of aromatic nitrogens is 5. The summed E-state index contributed by atoms with van der Waals surface area (Å²) in [6.07, 6.45) is 2.90. The van der Waals surface area contributed by atoms with Crippen LogP contribution in [-0.4, -0.2) is 172 Å². The van der Waals surface area contributed by atoms with Crippen molar-refractivity contribution in [2.45, 2.75) is 104 Å². The van der Waals surface area contributed by atoms with Gasteiger partial charge >= 0.3 is 24.9 Å². The van der Waals surface area contributed by atoms with Crippen LogP contribution in [0.15, 0.2) is 46.3 Å². The molecule has 0 spiro atoms. The van der Waals surface area contributed by atoms with Crippen LogP contribution >= 0.6 is 11.8 Å². The number of benzene rings is 1. The first-order valence-corrected chi connectivity index (χ1v) is 24.6. The molecule has 1 saturated heterocycles. The van der Waals surface area contributed by atoms with Crippen molar-refractivity contribution in [1.29, 1.82) is 0 Å². The topological polar surface area (TPSA) is 227 Å². The number of carboxylic acids is 3. The van der Waals surface area contributed by atoms with E-state index in [1.165, 1.54) is 20.7 Å². The largest absolute Gasteiger partial charge is 0.737 e. The molecule has 1 aromatic carbocycles. The maximum absolute atomic E-state index is 16.6. The molecule has 0 radical (unpaired) electrons. The van der Waals surface area contributed by atoms with E-state index in [0.29, 0.717) is 90.3 Å². The van der Waals surface area contributed by atoms with Crippen LogP contribution in [0.2, 0.25) is 0 Å². The van der Waals surface area contributed by atoms with Crippen LogP contribution in [0.5, 0.6) is 0 Å². The van der Waals surface area contributed by atoms with Gasteiger partial charge in [0.1, 0.15) is 11.8 Å². The number of hydrogen-bond donors (Lipinski definition) is 4. The molecule has 3 aliphatic rings. The minimum atomic E-state index is -4.13. The van der Waals surface area contributed by atoms with Crippen LogP contribution in [0, 0.1) is 13.8 Å². The summed E-state index contributed by atoms with van der Waals surface area (Å²) in [7, 11) is 0. The highest BCUT2D eigenvalue weighted by molar-refractivity contribution is 7.99. The van der Waals surface area contributed by atoms with Gasteiger partial charge in [-0.25, -0.2) is 0 Å². The monoisotopic (exact) mass is 976 g/mol. The molecule has 18 nitrogen and oxygen atoms in total. The molecule has 5 heterocycles. The molecule has 0 unspecified atom stereocenters. The first kappa shape index (κ1) is 52.7. The Balaban J connectivity index is 0.954. The molecule has 372 valence electrons. The van der Waals surface area contributed by atoms with E-state index in [9.17, 15) is 39.3 Å². The SMILES string of the molecule is CCC1=C(C)C2=C(c3ccc(C(=O)CCCSc4nnc(CCCNC(=O)CC[C@@H](C(=O)O)N5CCN(CC(=O)O)CCN(CC(=O)O)CC5)nn4)cc3)c3c(C)c(CC)c(C)n3[B-](F)(F)[N+]2=C1C. The van der Waals surface area contributed by atoms with Gasteiger partial charge in [0.2, 0.25) is 11.1 Å². The molecular weight excluding hydrogens is 913 g/mol. The third-order valence-electron chi connectivity index (χ3n) is 13.4. The third kappa shape index (κ3) is 12.2. The zero-order valence-electron chi connectivity index (χ0n) is 40.3. The number of amides is 1. The maximum Gasteiger partial charge on any atom is 0.737 e. The van der Waals surface area contributed by atoms with Crippen molar-refractivity contribution in [2.75, 3.05) is 64.7 Å². The van der Waals surface area contributed by atoms with Crippen LogP contribution in [0.1, 0.15) is 110 Å². The Kier molecular flexibility index (Phi) is 17.8. The predicted octanol–water partition coefficient (Wildman–Crippen LogP) is 4.58. The van der Waals surface area contributed by atoms with Gasteiger partial charge in [0, 0.05) is 100 Å². The number of nitrogens with zero attached hydrogens (tertiary/aromatic N) is 9. The molecule has 3 aromatic rings. The van der Waals surface area contributed by atoms with Gasteiger partial charge in [0.25, 0.3) is 0 Å². The molecule has 1 fully saturated rings. The van der Waals surface area contributed by atoms with Crippen LogP contribution in [0.25, 0.3) is 5.57 Å². The van der Waals surface area contributed by atoms with E-state index in [4.69, 9.17) is 0 Å². The van der Waals surface area contributed by atoms with Gasteiger partial charge in [-0.3, -0.25) is 38.7 Å². The number of halogens is 2. The van der Waals surface area contributed by atoms with Crippen molar-refractivity contribution in [2.24, 2.45) is 0 Å². The lowest BCUT2D eigenvalue weighted by Gasteiger charge is -2.34. The highest BCUT2D eigenvalue weighted by Gasteiger charge is 2.56. The number of rotatable bonds is 22. The summed E-state index contributed by atoms with van der Waals surface area (Å²) in [5.41, 5.74) is 7.82. The molecular formula is C47H63BF2N10O8S. The first-order valence-electron chi connectivity index (χ1n) is 23.6. The summed E-state index contributed by atoms with van der Waals surface area (Å²) in [6.45, 7) is 8.69. The second-order valence-electron chi connectivity index (χ2n) is 17.8. The minimum absolute atomic E-state index is 0.00857. The smallest absolute Gasteiger partial charge is 0.480 e. The number of aliphatic carboxylic acids is 3. The summed E-state index contributed by atoms with van der Waals surface area (Å²) >= 11 is 1.33. The number of thioether (sulfide) groups is 1. The fourth-order valence-electron chi connectivity index (χ4n) is 9.97. The Morgan fingerprint density at radius 1 is 0.826 bits per heavy atom. The Hall–Kier alpha value is -5.71. The summed E-state index contributed by atoms with van der Waals surface area (Å²) in [6, 6.07) is 6.26. The van der Waals surface area contributed by atoms with E-state index < -0.39 is 30.9 Å². The van der Waals surface area contributed by atoms with Crippen molar-refractivity contribution in [3.8, 4) is 0 Å². The number of ketones is 1. The van der Waals surface area contributed by atoms with Crippen LogP contribution in [-0.2, 0) is 32.0 Å². The molecule has 4 N–H and O–H groups in total. The average Bonchev–Trinajstić information content (AvgIpc) is 3.75. The van der Waals surface area contributed by atoms with Crippen molar-refractivity contribution in [1.82, 2.24) is 44.9 Å². The van der Waals surface area contributed by atoms with Gasteiger partial charge in [-0.05, 0) is 75.3 Å². The molecule has 0 saturated carbocycles. The zero-order chi connectivity index (χ0) is 50.2. The number of carbonyl (C=O) groups excluding carboxylic acids is 2. The van der Waals surface area contributed by atoms with Crippen molar-refractivity contribution in [3.05, 3.63) is 80.6 Å². The maximum atomic E-state index is 16.6. The van der Waals surface area contributed by atoms with Crippen LogP contribution < -0.4 is 5.32 Å². The number of fused-ring (bicyclic) bond motifs is 2. The molecule has 0 aliphatic carbocycles. The molecule has 2 aromatic heterocycles. The van der Waals surface area contributed by atoms with Crippen LogP contribution in [0.3, 0.4) is 0 Å². The standard InChI is InChI=1S/C47H63BF2N10O8S/c1-7-35-29(3)44-43(45-30(4)36(8-2)32(6)60(45)48(49,50)59(44)31(35)5)34-15-13-33(14-16-34)38(61)11-10-26-69-47-54-52-39(53-55-47)12-9-19-51-40(62)18-17-37(46(67)68)58-24-22-56(27-41(63)64)20-21-57(23-25-58)28-42(65)66/h13-16,37H,7-12,17-28H2,1-6H3,(H,51,62)(H,63,64)(H,65,66)(H,67,68)/t37-/m0/s1. The number of carbonyl (C=O) groups is 5. The minimum Gasteiger partial charge on any atom is -0.480 e. The zero-order valence-corrected chi connectivity index (χ0v) is 41.1. The van der Waals surface area contributed by atoms with E-state index in [1.54, 1.807) is 40.7 Å². The lowest BCUT2D eigenvalue weighted by molar-refractivity contribution is -0.363. The summed E-state index contributed by atoms with van der Waals surface area (Å²) in [5.74, 6) is -2.65. The van der Waals surface area contributed by atoms with Crippen LogP contribution in [0.4, 0.5) is 8.63 Å². The lowest BCUT2D eigenvalue weighted by Crippen LogP contribution is -2.51. The Labute approximate surface area is 405 Å². The molecule has 6 rings (SSSR count). The first-order chi connectivity index (χ1) is 32.9. The predicted molar refractivity (Wildman–Crippen MR) is 257 cm³/mol. The van der Waals surface area contributed by atoms with E-state index in [2.05, 4.69) is 25.7 Å². The van der Waals surface area contributed by atoms with E-state index >= 15 is 8.63 Å². The normalized spacial score (nSPS) is 17.3. The van der Waals surface area contributed by atoms with E-state index in [-0.39, 0.29) is 76.8 Å². The number of allylic oxidation sites excluding steroid dienone is 2. The Morgan fingerprint density at radius 3 is 2.00 bits per heavy atom. The van der Waals surface area contributed by atoms with Crippen molar-refractivity contribution in [3.63, 3.8) is 0 Å².